The minimum absolute atomic E-state index is 0.225. The molecule has 0 bridgehead atoms. The Morgan fingerprint density at radius 2 is 0.722 bits per heavy atom. The smallest absolute Gasteiger partial charge is 0.220 e. The van der Waals surface area contributed by atoms with Gasteiger partial charge < -0.3 is 89.9 Å². The van der Waals surface area contributed by atoms with E-state index in [-0.39, 0.29) is 18.9 Å². The van der Waals surface area contributed by atoms with E-state index in [1.165, 1.54) is 135 Å². The van der Waals surface area contributed by atoms with Gasteiger partial charge in [0.15, 0.2) is 18.9 Å². The predicted octanol–water partition coefficient (Wildman–Crippen LogP) is 11.6. The number of carbonyl (C=O) groups is 1. The molecule has 0 aromatic heterocycles. The summed E-state index contributed by atoms with van der Waals surface area (Å²) in [5.74, 6) is -0.293. The van der Waals surface area contributed by atoms with E-state index < -0.39 is 124 Å². The highest BCUT2D eigenvalue weighted by atomic mass is 16.8. The molecule has 3 rings (SSSR count). The first kappa shape index (κ1) is 87.9. The van der Waals surface area contributed by atoms with E-state index in [2.05, 4.69) is 104 Å². The lowest BCUT2D eigenvalue weighted by Crippen LogP contribution is -2.66. The Morgan fingerprint density at radius 1 is 0.381 bits per heavy atom. The minimum Gasteiger partial charge on any atom is -0.394 e. The number of carbonyl (C=O) groups excluding carboxylic acids is 1. The third kappa shape index (κ3) is 39.1. The van der Waals surface area contributed by atoms with Crippen molar-refractivity contribution in [3.8, 4) is 0 Å². The van der Waals surface area contributed by atoms with Crippen LogP contribution in [0.15, 0.2) is 97.2 Å². The number of hydrogen-bond acceptors (Lipinski definition) is 18. The quantitative estimate of drug-likeness (QED) is 0.0199. The SMILES string of the molecule is CC/C=C\C/C=C\C/C=C\C/C=C\C/C=C\CCCCCCCCCCCCCCCC(=O)NC(COC1OC(CO)C(OC2OC(CO)C(OC3OC(CO)C(O)C(O)C3O)C(O)C2O)C(O)C1O)C(O)/C=C/CC/C=C/CC/C=C/CCCCCCCCCCCCCCC. The molecule has 560 valence electrons. The van der Waals surface area contributed by atoms with Gasteiger partial charge in [-0.3, -0.25) is 4.79 Å². The summed E-state index contributed by atoms with van der Waals surface area (Å²) in [7, 11) is 0. The molecule has 0 aromatic rings. The zero-order valence-corrected chi connectivity index (χ0v) is 59.5. The second kappa shape index (κ2) is 58.2. The van der Waals surface area contributed by atoms with E-state index >= 15 is 0 Å². The molecular weight excluding hydrogens is 1240 g/mol. The summed E-state index contributed by atoms with van der Waals surface area (Å²) < 4.78 is 34.4. The van der Waals surface area contributed by atoms with Crippen LogP contribution in [-0.2, 0) is 33.2 Å². The molecular formula is C78H135NO18. The van der Waals surface area contributed by atoms with Crippen molar-refractivity contribution in [3.63, 3.8) is 0 Å². The van der Waals surface area contributed by atoms with E-state index in [9.17, 15) is 61.0 Å². The lowest BCUT2D eigenvalue weighted by molar-refractivity contribution is -0.379. The highest BCUT2D eigenvalue weighted by Crippen LogP contribution is 2.33. The van der Waals surface area contributed by atoms with Crippen LogP contribution in [0.3, 0.4) is 0 Å². The summed E-state index contributed by atoms with van der Waals surface area (Å²) in [6.07, 6.45) is 51.0. The molecule has 19 heteroatoms. The molecule has 3 aliphatic rings. The molecule has 12 N–H and O–H groups in total. The van der Waals surface area contributed by atoms with Gasteiger partial charge in [-0.05, 0) is 89.9 Å². The first-order valence-corrected chi connectivity index (χ1v) is 38.0. The monoisotopic (exact) mass is 1370 g/mol. The van der Waals surface area contributed by atoms with Crippen LogP contribution in [-0.4, -0.2) is 193 Å². The van der Waals surface area contributed by atoms with Crippen LogP contribution in [0.5, 0.6) is 0 Å². The fourth-order valence-electron chi connectivity index (χ4n) is 12.3. The van der Waals surface area contributed by atoms with Crippen molar-refractivity contribution in [1.29, 1.82) is 0 Å². The highest BCUT2D eigenvalue weighted by molar-refractivity contribution is 5.76. The van der Waals surface area contributed by atoms with Crippen molar-refractivity contribution < 1.29 is 89.4 Å². The standard InChI is InChI=1S/C78H135NO18/c1-3-5-7-9-11-13-15-17-19-21-23-25-27-28-29-30-31-32-34-36-38-40-42-44-46-48-50-52-54-56-66(84)79-61(62(83)55-53-51-49-47-45-43-41-39-37-35-33-26-24-22-20-18-16-14-12-10-8-6-4-2)60-92-76-72(90)69(87)74(64(58-81)94-76)97-78-73(91)70(88)75(65(59-82)95-78)96-77-71(89)68(86)67(85)63(57-80)93-77/h5,7,11,13,17,19,23,25,28-29,37,39,45,47,53,55,61-65,67-78,80-83,85-91H,3-4,6,8-10,12,14-16,18,20-22,24,26-27,30-36,38,40-44,46,48-52,54,56-60H2,1-2H3,(H,79,84)/b7-5-,13-11-,19-17-,25-23-,29-28-,39-37+,47-45+,55-53+. The number of allylic oxidation sites excluding steroid dienone is 15. The number of hydrogen-bond donors (Lipinski definition) is 12. The van der Waals surface area contributed by atoms with Crippen LogP contribution in [0.2, 0.25) is 0 Å². The third-order valence-electron chi connectivity index (χ3n) is 18.3. The van der Waals surface area contributed by atoms with Gasteiger partial charge in [0.1, 0.15) is 73.2 Å². The average molecular weight is 1370 g/mol. The Balaban J connectivity index is 1.42. The van der Waals surface area contributed by atoms with Crippen LogP contribution in [0, 0.1) is 0 Å². The minimum atomic E-state index is -1.99. The summed E-state index contributed by atoms with van der Waals surface area (Å²) in [5, 5.41) is 121. The predicted molar refractivity (Wildman–Crippen MR) is 383 cm³/mol. The third-order valence-corrected chi connectivity index (χ3v) is 18.3. The summed E-state index contributed by atoms with van der Waals surface area (Å²) >= 11 is 0. The van der Waals surface area contributed by atoms with E-state index in [0.29, 0.717) is 12.8 Å². The van der Waals surface area contributed by atoms with E-state index in [1.807, 2.05) is 6.08 Å². The molecule has 0 aromatic carbocycles. The number of amides is 1. The molecule has 3 heterocycles. The van der Waals surface area contributed by atoms with Crippen LogP contribution < -0.4 is 5.32 Å². The van der Waals surface area contributed by atoms with Crippen molar-refractivity contribution in [2.75, 3.05) is 26.4 Å². The van der Waals surface area contributed by atoms with Crippen molar-refractivity contribution in [2.45, 2.75) is 362 Å². The van der Waals surface area contributed by atoms with E-state index in [0.717, 1.165) is 89.9 Å². The lowest BCUT2D eigenvalue weighted by atomic mass is 9.96. The number of aliphatic hydroxyl groups is 11. The van der Waals surface area contributed by atoms with Gasteiger partial charge in [0, 0.05) is 6.42 Å². The fourth-order valence-corrected chi connectivity index (χ4v) is 12.3. The first-order valence-electron chi connectivity index (χ1n) is 38.0. The summed E-state index contributed by atoms with van der Waals surface area (Å²) in [6.45, 7) is 1.60. The normalized spacial score (nSPS) is 27.5. The van der Waals surface area contributed by atoms with Gasteiger partial charge in [-0.15, -0.1) is 0 Å². The maximum atomic E-state index is 13.5. The maximum absolute atomic E-state index is 13.5. The van der Waals surface area contributed by atoms with E-state index in [4.69, 9.17) is 28.4 Å². The van der Waals surface area contributed by atoms with Gasteiger partial charge in [0.05, 0.1) is 38.6 Å². The van der Waals surface area contributed by atoms with Gasteiger partial charge in [0.2, 0.25) is 5.91 Å². The number of rotatable bonds is 58. The second-order valence-corrected chi connectivity index (χ2v) is 26.7. The molecule has 0 saturated carbocycles. The van der Waals surface area contributed by atoms with Gasteiger partial charge in [-0.2, -0.15) is 0 Å². The molecule has 3 saturated heterocycles. The summed E-state index contributed by atoms with van der Waals surface area (Å²) in [5.41, 5.74) is 0. The summed E-state index contributed by atoms with van der Waals surface area (Å²) in [4.78, 5) is 13.5. The fraction of sp³-hybridized carbons (Fsp3) is 0.782. The van der Waals surface area contributed by atoms with Crippen molar-refractivity contribution in [3.05, 3.63) is 97.2 Å². The molecule has 97 heavy (non-hydrogen) atoms. The van der Waals surface area contributed by atoms with Gasteiger partial charge in [-0.25, -0.2) is 0 Å². The highest BCUT2D eigenvalue weighted by Gasteiger charge is 2.53. The molecule has 19 nitrogen and oxygen atoms in total. The van der Waals surface area contributed by atoms with Crippen molar-refractivity contribution in [1.82, 2.24) is 5.32 Å². The zero-order valence-electron chi connectivity index (χ0n) is 59.5. The molecule has 0 radical (unpaired) electrons. The van der Waals surface area contributed by atoms with Crippen LogP contribution in [0.4, 0.5) is 0 Å². The molecule has 3 fully saturated rings. The number of unbranched alkanes of at least 4 members (excludes halogenated alkanes) is 28. The Labute approximate surface area is 583 Å². The summed E-state index contributed by atoms with van der Waals surface area (Å²) in [6, 6.07) is -1.00. The molecule has 17 unspecified atom stereocenters. The van der Waals surface area contributed by atoms with Crippen molar-refractivity contribution >= 4 is 5.91 Å². The van der Waals surface area contributed by atoms with Gasteiger partial charge in [-0.1, -0.05) is 259 Å². The van der Waals surface area contributed by atoms with Crippen LogP contribution >= 0.6 is 0 Å². The topological polar surface area (TPSA) is 307 Å². The molecule has 0 aliphatic carbocycles. The Bertz CT molecular complexity index is 2130. The van der Waals surface area contributed by atoms with Gasteiger partial charge >= 0.3 is 0 Å². The lowest BCUT2D eigenvalue weighted by Gasteiger charge is -2.48. The largest absolute Gasteiger partial charge is 0.394 e. The average Bonchev–Trinajstić information content (AvgIpc) is 0.789. The Kier molecular flexibility index (Phi) is 52.8. The Morgan fingerprint density at radius 3 is 1.15 bits per heavy atom. The zero-order chi connectivity index (χ0) is 70.4. The molecule has 17 atom stereocenters. The first-order chi connectivity index (χ1) is 47.3. The number of ether oxygens (including phenoxy) is 6. The number of nitrogens with one attached hydrogen (secondary N) is 1. The van der Waals surface area contributed by atoms with Crippen LogP contribution in [0.1, 0.15) is 258 Å². The molecule has 3 aliphatic heterocycles. The van der Waals surface area contributed by atoms with E-state index in [1.54, 1.807) is 6.08 Å². The molecule has 1 amide bonds. The van der Waals surface area contributed by atoms with Crippen molar-refractivity contribution in [2.24, 2.45) is 0 Å². The van der Waals surface area contributed by atoms with Crippen LogP contribution in [0.25, 0.3) is 0 Å². The van der Waals surface area contributed by atoms with Gasteiger partial charge in [0.25, 0.3) is 0 Å². The maximum Gasteiger partial charge on any atom is 0.220 e. The second-order valence-electron chi connectivity index (χ2n) is 26.7. The Hall–Kier alpha value is -3.29. The number of aliphatic hydroxyl groups excluding tert-OH is 11. The molecule has 0 spiro atoms.